The zero-order valence-corrected chi connectivity index (χ0v) is 23.2. The number of hydrogen-bond donors (Lipinski definition) is 8. The number of rotatable bonds is 12. The molecule has 0 radical (unpaired) electrons. The van der Waals surface area contributed by atoms with Crippen molar-refractivity contribution in [2.24, 2.45) is 11.5 Å². The molecule has 21 heteroatoms. The maximum Gasteiger partial charge on any atom is 0.352 e. The molecule has 1 fully saturated rings. The van der Waals surface area contributed by atoms with Crippen LogP contribution in [0.5, 0.6) is 0 Å². The number of nitrogens with two attached hydrogens (primary N) is 2. The first-order valence-corrected chi connectivity index (χ1v) is 15.0. The molecule has 0 saturated carbocycles. The van der Waals surface area contributed by atoms with Gasteiger partial charge in [0.2, 0.25) is 11.1 Å². The first-order chi connectivity index (χ1) is 19.4. The average Bonchev–Trinajstić information content (AvgIpc) is 3.42. The topological polar surface area (TPSA) is 289 Å². The van der Waals surface area contributed by atoms with Crippen LogP contribution in [-0.2, 0) is 24.7 Å². The number of aromatic nitrogens is 4. The van der Waals surface area contributed by atoms with Gasteiger partial charge in [-0.25, -0.2) is 14.7 Å². The Morgan fingerprint density at radius 2 is 1.98 bits per heavy atom. The molecule has 0 bridgehead atoms. The standard InChI is InChI=1S/C20H24N10O8S3/c21-12(8-1-3-9(4-2-8)24-19(22)35)15(31)25-13-16(32)30-14(18(33)34)10(7-39-17(13)30)11(5-6-23-41(36,37)38)40-20-26-28-29-27-20/h1-4,11-13,17,23H,5-7,21H2,(H,25,31)(H,33,34)(H3,22,24,35)(H,36,37,38)(H,26,27,28,29)/t11?,12?,13?,17-/m0/s1. The van der Waals surface area contributed by atoms with Gasteiger partial charge in [0, 0.05) is 23.2 Å². The number of fused-ring (bicyclic) bond motifs is 1. The molecule has 220 valence electrons. The number of aromatic amines is 1. The third kappa shape index (κ3) is 7.12. The number of nitrogens with zero attached hydrogens (tertiary/aromatic N) is 4. The van der Waals surface area contributed by atoms with Crippen LogP contribution in [-0.4, -0.2) is 96.4 Å². The third-order valence-electron chi connectivity index (χ3n) is 5.98. The molecule has 3 unspecified atom stereocenters. The number of nitrogens with one attached hydrogen (secondary N) is 4. The van der Waals surface area contributed by atoms with Crippen molar-refractivity contribution >= 4 is 63.3 Å². The van der Waals surface area contributed by atoms with Gasteiger partial charge in [-0.1, -0.05) is 23.9 Å². The zero-order chi connectivity index (χ0) is 29.9. The number of thioether (sulfide) groups is 2. The minimum Gasteiger partial charge on any atom is -0.477 e. The molecule has 4 amide bonds. The van der Waals surface area contributed by atoms with E-state index in [9.17, 15) is 32.7 Å². The fourth-order valence-electron chi connectivity index (χ4n) is 4.16. The molecule has 10 N–H and O–H groups in total. The van der Waals surface area contributed by atoms with E-state index in [4.69, 9.17) is 16.0 Å². The number of benzene rings is 1. The lowest BCUT2D eigenvalue weighted by Gasteiger charge is -2.50. The van der Waals surface area contributed by atoms with E-state index in [1.807, 2.05) is 4.72 Å². The van der Waals surface area contributed by atoms with Crippen molar-refractivity contribution in [1.82, 2.24) is 35.6 Å². The number of aliphatic carboxylic acids is 1. The summed E-state index contributed by atoms with van der Waals surface area (Å²) in [5.74, 6) is -2.62. The van der Waals surface area contributed by atoms with Crippen molar-refractivity contribution in [3.8, 4) is 0 Å². The molecule has 1 aromatic heterocycles. The Labute approximate surface area is 240 Å². The van der Waals surface area contributed by atoms with Crippen molar-refractivity contribution in [1.29, 1.82) is 0 Å². The number of hydrogen-bond acceptors (Lipinski definition) is 12. The summed E-state index contributed by atoms with van der Waals surface area (Å²) < 4.78 is 33.2. The van der Waals surface area contributed by atoms with Crippen LogP contribution in [0.4, 0.5) is 10.5 Å². The van der Waals surface area contributed by atoms with Gasteiger partial charge in [0.1, 0.15) is 23.2 Å². The highest BCUT2D eigenvalue weighted by Crippen LogP contribution is 2.44. The first kappa shape index (κ1) is 30.2. The second kappa shape index (κ2) is 12.4. The largest absolute Gasteiger partial charge is 0.477 e. The highest BCUT2D eigenvalue weighted by atomic mass is 32.2. The van der Waals surface area contributed by atoms with E-state index in [-0.39, 0.29) is 29.6 Å². The predicted molar refractivity (Wildman–Crippen MR) is 144 cm³/mol. The van der Waals surface area contributed by atoms with Crippen molar-refractivity contribution in [2.75, 3.05) is 17.6 Å². The molecule has 2 aliphatic heterocycles. The molecule has 2 aliphatic rings. The second-order valence-corrected chi connectivity index (χ2v) is 12.2. The summed E-state index contributed by atoms with van der Waals surface area (Å²) in [6.07, 6.45) is 0.0211. The number of anilines is 1. The summed E-state index contributed by atoms with van der Waals surface area (Å²) in [7, 11) is -4.49. The number of carbonyl (C=O) groups is 4. The second-order valence-electron chi connectivity index (χ2n) is 8.63. The highest BCUT2D eigenvalue weighted by molar-refractivity contribution is 8.01. The number of tetrazole rings is 1. The summed E-state index contributed by atoms with van der Waals surface area (Å²) in [6.45, 7) is -0.243. The Morgan fingerprint density at radius 1 is 1.27 bits per heavy atom. The number of carboxylic acid groups (broad SMARTS) is 1. The molecular weight excluding hydrogens is 604 g/mol. The van der Waals surface area contributed by atoms with E-state index >= 15 is 0 Å². The maximum atomic E-state index is 13.1. The van der Waals surface area contributed by atoms with Crippen molar-refractivity contribution in [3.63, 3.8) is 0 Å². The zero-order valence-electron chi connectivity index (χ0n) is 20.8. The van der Waals surface area contributed by atoms with Gasteiger partial charge in [0.25, 0.3) is 5.91 Å². The molecule has 0 aliphatic carbocycles. The van der Waals surface area contributed by atoms with Crippen LogP contribution in [0.15, 0.2) is 40.7 Å². The minimum absolute atomic E-state index is 0.0211. The van der Waals surface area contributed by atoms with Gasteiger partial charge in [0.05, 0.1) is 0 Å². The summed E-state index contributed by atoms with van der Waals surface area (Å²) in [5.41, 5.74) is 11.9. The molecule has 1 saturated heterocycles. The lowest BCUT2D eigenvalue weighted by molar-refractivity contribution is -0.150. The molecule has 0 spiro atoms. The van der Waals surface area contributed by atoms with Crippen molar-refractivity contribution in [3.05, 3.63) is 41.1 Å². The van der Waals surface area contributed by atoms with Gasteiger partial charge in [-0.3, -0.25) is 19.0 Å². The van der Waals surface area contributed by atoms with Crippen molar-refractivity contribution in [2.45, 2.75) is 34.3 Å². The smallest absolute Gasteiger partial charge is 0.352 e. The van der Waals surface area contributed by atoms with E-state index in [0.717, 1.165) is 16.7 Å². The van der Waals surface area contributed by atoms with Gasteiger partial charge in [-0.15, -0.1) is 16.9 Å². The van der Waals surface area contributed by atoms with E-state index in [0.29, 0.717) is 16.8 Å². The Morgan fingerprint density at radius 3 is 2.56 bits per heavy atom. The summed E-state index contributed by atoms with van der Waals surface area (Å²) in [5, 5.41) is 27.0. The molecule has 4 rings (SSSR count). The van der Waals surface area contributed by atoms with Gasteiger partial charge in [-0.2, -0.15) is 13.1 Å². The summed E-state index contributed by atoms with van der Waals surface area (Å²) in [6, 6.07) is 3.05. The van der Waals surface area contributed by atoms with E-state index in [1.165, 1.54) is 36.0 Å². The lowest BCUT2D eigenvalue weighted by Crippen LogP contribution is -2.71. The average molecular weight is 629 g/mol. The number of carbonyl (C=O) groups excluding carboxylic acids is 3. The fourth-order valence-corrected chi connectivity index (χ4v) is 7.08. The van der Waals surface area contributed by atoms with Crippen LogP contribution in [0.2, 0.25) is 0 Å². The van der Waals surface area contributed by atoms with Gasteiger partial charge >= 0.3 is 22.3 Å². The van der Waals surface area contributed by atoms with Crippen molar-refractivity contribution < 1.29 is 37.3 Å². The van der Waals surface area contributed by atoms with Crippen LogP contribution in [0.3, 0.4) is 0 Å². The Bertz CT molecular complexity index is 1470. The normalized spacial score (nSPS) is 20.0. The van der Waals surface area contributed by atoms with Crippen LogP contribution < -0.4 is 26.8 Å². The molecule has 4 atom stereocenters. The van der Waals surface area contributed by atoms with E-state index < -0.39 is 56.8 Å². The molecule has 41 heavy (non-hydrogen) atoms. The summed E-state index contributed by atoms with van der Waals surface area (Å²) >= 11 is 2.23. The minimum atomic E-state index is -4.49. The van der Waals surface area contributed by atoms with Gasteiger partial charge in [-0.05, 0) is 40.1 Å². The van der Waals surface area contributed by atoms with E-state index in [1.54, 1.807) is 0 Å². The lowest BCUT2D eigenvalue weighted by atomic mass is 9.99. The van der Waals surface area contributed by atoms with Gasteiger partial charge in [0.15, 0.2) is 0 Å². The molecule has 1 aromatic carbocycles. The number of H-pyrrole nitrogens is 1. The monoisotopic (exact) mass is 628 g/mol. The number of amides is 4. The highest BCUT2D eigenvalue weighted by Gasteiger charge is 2.55. The van der Waals surface area contributed by atoms with Crippen LogP contribution in [0, 0.1) is 0 Å². The van der Waals surface area contributed by atoms with E-state index in [2.05, 4.69) is 31.3 Å². The van der Waals surface area contributed by atoms with Crippen LogP contribution in [0.1, 0.15) is 18.0 Å². The van der Waals surface area contributed by atoms with Crippen LogP contribution in [0.25, 0.3) is 0 Å². The summed E-state index contributed by atoms with van der Waals surface area (Å²) in [4.78, 5) is 50.4. The molecule has 18 nitrogen and oxygen atoms in total. The molecule has 2 aromatic rings. The first-order valence-electron chi connectivity index (χ1n) is 11.6. The van der Waals surface area contributed by atoms with Crippen LogP contribution >= 0.6 is 23.5 Å². The maximum absolute atomic E-state index is 13.1. The SMILES string of the molecule is NC(=O)Nc1ccc(C(N)C(=O)NC2C(=O)N3C(C(=O)O)=C(C(CCNS(=O)(=O)O)Sc4nnn[nH]4)CS[C@@H]23)cc1. The molecular formula is C20H24N10O8S3. The number of urea groups is 1. The number of β-lactam (4-membered cyclic amide) rings is 1. The quantitative estimate of drug-likeness (QED) is 0.0744. The fraction of sp³-hybridized carbons (Fsp3) is 0.350. The third-order valence-corrected chi connectivity index (χ3v) is 9.05. The number of primary amides is 1. The Kier molecular flexibility index (Phi) is 9.14. The Hall–Kier alpha value is -3.76. The number of carboxylic acids is 1. The predicted octanol–water partition coefficient (Wildman–Crippen LogP) is -1.63. The molecule has 3 heterocycles. The Balaban J connectivity index is 1.50. The van der Waals surface area contributed by atoms with Gasteiger partial charge < -0.3 is 27.2 Å².